The summed E-state index contributed by atoms with van der Waals surface area (Å²) in [5.74, 6) is 1.44. The number of hydrogen-bond donors (Lipinski definition) is 1. The second-order valence-electron chi connectivity index (χ2n) is 5.99. The number of carboxylic acids is 1. The van der Waals surface area contributed by atoms with Gasteiger partial charge in [0.05, 0.1) is 18.2 Å². The molecule has 142 valence electrons. The van der Waals surface area contributed by atoms with Crippen molar-refractivity contribution in [2.75, 3.05) is 7.11 Å². The lowest BCUT2D eigenvalue weighted by molar-refractivity contribution is 0.0661. The first kappa shape index (κ1) is 18.5. The third kappa shape index (κ3) is 3.61. The minimum Gasteiger partial charge on any atom is -0.497 e. The Morgan fingerprint density at radius 1 is 1.21 bits per heavy atom. The molecule has 0 aliphatic rings. The van der Waals surface area contributed by atoms with E-state index in [9.17, 15) is 4.79 Å². The average molecular weight is 412 g/mol. The summed E-state index contributed by atoms with van der Waals surface area (Å²) < 4.78 is 10.6. The van der Waals surface area contributed by atoms with Crippen molar-refractivity contribution in [2.45, 2.75) is 17.7 Å². The van der Waals surface area contributed by atoms with Crippen LogP contribution in [0.3, 0.4) is 0 Å². The van der Waals surface area contributed by atoms with Crippen molar-refractivity contribution in [3.63, 3.8) is 0 Å². The fourth-order valence-corrected chi connectivity index (χ4v) is 4.85. The molecule has 0 saturated carbocycles. The molecule has 0 saturated heterocycles. The molecule has 1 aromatic carbocycles. The molecule has 0 unspecified atom stereocenters. The topological polar surface area (TPSA) is 85.5 Å². The predicted octanol–water partition coefficient (Wildman–Crippen LogP) is 5.26. The Labute approximate surface area is 169 Å². The van der Waals surface area contributed by atoms with Gasteiger partial charge in [-0.15, -0.1) is 11.3 Å². The SMILES string of the molecule is COc1ccc(-c2csc3nc(C)nc(SCc4ccc(C(=O)O)o4)c23)cc1. The summed E-state index contributed by atoms with van der Waals surface area (Å²) in [6.07, 6.45) is 0. The van der Waals surface area contributed by atoms with Crippen LogP contribution >= 0.6 is 23.1 Å². The van der Waals surface area contributed by atoms with Gasteiger partial charge in [0.15, 0.2) is 0 Å². The molecule has 0 amide bonds. The molecule has 0 aliphatic carbocycles. The van der Waals surface area contributed by atoms with Crippen LogP contribution < -0.4 is 4.74 Å². The highest BCUT2D eigenvalue weighted by Crippen LogP contribution is 2.39. The number of fused-ring (bicyclic) bond motifs is 1. The van der Waals surface area contributed by atoms with Crippen molar-refractivity contribution >= 4 is 39.3 Å². The first-order valence-corrected chi connectivity index (χ1v) is 10.3. The summed E-state index contributed by atoms with van der Waals surface area (Å²) in [5.41, 5.74) is 2.13. The van der Waals surface area contributed by atoms with Crippen LogP contribution in [0.1, 0.15) is 22.1 Å². The highest BCUT2D eigenvalue weighted by atomic mass is 32.2. The molecule has 8 heteroatoms. The van der Waals surface area contributed by atoms with Crippen LogP contribution in [-0.4, -0.2) is 28.2 Å². The Balaban J connectivity index is 1.70. The summed E-state index contributed by atoms with van der Waals surface area (Å²) >= 11 is 3.09. The van der Waals surface area contributed by atoms with E-state index in [2.05, 4.69) is 15.3 Å². The summed E-state index contributed by atoms with van der Waals surface area (Å²) in [5, 5.41) is 12.9. The van der Waals surface area contributed by atoms with Crippen LogP contribution in [0.15, 0.2) is 51.2 Å². The number of carbonyl (C=O) groups is 1. The van der Waals surface area contributed by atoms with Crippen LogP contribution in [0.2, 0.25) is 0 Å². The number of carboxylic acid groups (broad SMARTS) is 1. The molecule has 6 nitrogen and oxygen atoms in total. The van der Waals surface area contributed by atoms with E-state index in [1.54, 1.807) is 24.5 Å². The van der Waals surface area contributed by atoms with Gasteiger partial charge >= 0.3 is 5.97 Å². The van der Waals surface area contributed by atoms with Gasteiger partial charge in [-0.1, -0.05) is 23.9 Å². The zero-order valence-corrected chi connectivity index (χ0v) is 16.8. The number of hydrogen-bond acceptors (Lipinski definition) is 7. The molecule has 3 aromatic heterocycles. The van der Waals surface area contributed by atoms with Gasteiger partial charge in [-0.25, -0.2) is 14.8 Å². The van der Waals surface area contributed by atoms with E-state index >= 15 is 0 Å². The second kappa shape index (κ2) is 7.65. The number of thiophene rings is 1. The van der Waals surface area contributed by atoms with E-state index in [1.807, 2.05) is 31.2 Å². The third-order valence-electron chi connectivity index (χ3n) is 4.14. The number of furan rings is 1. The Hall–Kier alpha value is -2.84. The van der Waals surface area contributed by atoms with Crippen LogP contribution in [0.25, 0.3) is 21.3 Å². The van der Waals surface area contributed by atoms with Gasteiger partial charge in [-0.3, -0.25) is 0 Å². The van der Waals surface area contributed by atoms with E-state index in [-0.39, 0.29) is 5.76 Å². The van der Waals surface area contributed by atoms with E-state index in [0.717, 1.165) is 32.1 Å². The maximum Gasteiger partial charge on any atom is 0.371 e. The standard InChI is InChI=1S/C20H16N2O4S2/c1-11-21-18(27-9-14-7-8-16(26-14)20(23)24)17-15(10-28-19(17)22-11)12-3-5-13(25-2)6-4-12/h3-8,10H,9H2,1-2H3,(H,23,24). The van der Waals surface area contributed by atoms with Gasteiger partial charge < -0.3 is 14.3 Å². The summed E-state index contributed by atoms with van der Waals surface area (Å²) in [4.78, 5) is 21.1. The maximum atomic E-state index is 11.0. The van der Waals surface area contributed by atoms with E-state index in [0.29, 0.717) is 17.3 Å². The van der Waals surface area contributed by atoms with Gasteiger partial charge in [0.1, 0.15) is 27.2 Å². The molecule has 0 aliphatic heterocycles. The number of aryl methyl sites for hydroxylation is 1. The van der Waals surface area contributed by atoms with E-state index in [4.69, 9.17) is 14.3 Å². The molecule has 0 atom stereocenters. The van der Waals surface area contributed by atoms with Crippen molar-refractivity contribution in [3.05, 3.63) is 59.1 Å². The minimum atomic E-state index is -1.07. The van der Waals surface area contributed by atoms with Crippen molar-refractivity contribution in [1.82, 2.24) is 9.97 Å². The summed E-state index contributed by atoms with van der Waals surface area (Å²) in [6, 6.07) is 11.0. The quantitative estimate of drug-likeness (QED) is 0.341. The van der Waals surface area contributed by atoms with Gasteiger partial charge in [-0.2, -0.15) is 0 Å². The molecule has 0 spiro atoms. The van der Waals surface area contributed by atoms with E-state index < -0.39 is 5.97 Å². The van der Waals surface area contributed by atoms with Gasteiger partial charge in [0.25, 0.3) is 0 Å². The highest BCUT2D eigenvalue weighted by Gasteiger charge is 2.16. The lowest BCUT2D eigenvalue weighted by atomic mass is 10.1. The number of methoxy groups -OCH3 is 1. The van der Waals surface area contributed by atoms with Crippen LogP contribution in [0.5, 0.6) is 5.75 Å². The van der Waals surface area contributed by atoms with Crippen molar-refractivity contribution in [1.29, 1.82) is 0 Å². The Kier molecular flexibility index (Phi) is 5.06. The largest absolute Gasteiger partial charge is 0.497 e. The molecule has 0 fully saturated rings. The number of ether oxygens (including phenoxy) is 1. The van der Waals surface area contributed by atoms with Gasteiger partial charge in [0.2, 0.25) is 5.76 Å². The van der Waals surface area contributed by atoms with Gasteiger partial charge in [-0.05, 0) is 36.8 Å². The third-order valence-corrected chi connectivity index (χ3v) is 6.01. The number of nitrogens with zero attached hydrogens (tertiary/aromatic N) is 2. The number of benzene rings is 1. The van der Waals surface area contributed by atoms with Crippen LogP contribution in [-0.2, 0) is 5.75 Å². The Bertz CT molecular complexity index is 1150. The average Bonchev–Trinajstić information content (AvgIpc) is 3.33. The number of rotatable bonds is 6. The molecule has 0 bridgehead atoms. The molecule has 0 radical (unpaired) electrons. The molecule has 1 N–H and O–H groups in total. The van der Waals surface area contributed by atoms with Crippen molar-refractivity contribution in [2.24, 2.45) is 0 Å². The van der Waals surface area contributed by atoms with E-state index in [1.165, 1.54) is 17.8 Å². The lowest BCUT2D eigenvalue weighted by Crippen LogP contribution is -1.93. The molecule has 4 rings (SSSR count). The maximum absolute atomic E-state index is 11.0. The minimum absolute atomic E-state index is 0.0610. The zero-order valence-electron chi connectivity index (χ0n) is 15.1. The van der Waals surface area contributed by atoms with Crippen LogP contribution in [0.4, 0.5) is 0 Å². The van der Waals surface area contributed by atoms with Crippen molar-refractivity contribution < 1.29 is 19.1 Å². The first-order valence-electron chi connectivity index (χ1n) is 8.40. The Morgan fingerprint density at radius 3 is 2.68 bits per heavy atom. The first-order chi connectivity index (χ1) is 13.5. The molecule has 3 heterocycles. The second-order valence-corrected chi connectivity index (χ2v) is 7.82. The van der Waals surface area contributed by atoms with Crippen LogP contribution in [0, 0.1) is 6.92 Å². The lowest BCUT2D eigenvalue weighted by Gasteiger charge is -2.07. The highest BCUT2D eigenvalue weighted by molar-refractivity contribution is 7.98. The number of aromatic carboxylic acids is 1. The molecular formula is C20H16N2O4S2. The number of thioether (sulfide) groups is 1. The predicted molar refractivity (Wildman–Crippen MR) is 109 cm³/mol. The zero-order chi connectivity index (χ0) is 19.7. The molecular weight excluding hydrogens is 396 g/mol. The number of aromatic nitrogens is 2. The molecule has 28 heavy (non-hydrogen) atoms. The summed E-state index contributed by atoms with van der Waals surface area (Å²) in [7, 11) is 1.64. The van der Waals surface area contributed by atoms with Crippen molar-refractivity contribution in [3.8, 4) is 16.9 Å². The fourth-order valence-electron chi connectivity index (χ4n) is 2.81. The smallest absolute Gasteiger partial charge is 0.371 e. The van der Waals surface area contributed by atoms with Gasteiger partial charge in [0, 0.05) is 10.9 Å². The molecule has 4 aromatic rings. The summed E-state index contributed by atoms with van der Waals surface area (Å²) in [6.45, 7) is 1.87. The Morgan fingerprint density at radius 2 is 2.00 bits per heavy atom. The normalized spacial score (nSPS) is 11.1. The monoisotopic (exact) mass is 412 g/mol. The fraction of sp³-hybridized carbons (Fsp3) is 0.150.